The number of carbonyl (C=O) groups is 1. The number of ether oxygens (including phenoxy) is 2. The van der Waals surface area contributed by atoms with E-state index in [4.69, 9.17) is 21.1 Å². The Hall–Kier alpha value is -2.48. The molecule has 1 amide bonds. The lowest BCUT2D eigenvalue weighted by Gasteiger charge is -2.28. The Labute approximate surface area is 186 Å². The van der Waals surface area contributed by atoms with E-state index >= 15 is 0 Å². The number of hydrogen-bond donors (Lipinski definition) is 3. The number of hydrogen-bond acceptors (Lipinski definition) is 6. The summed E-state index contributed by atoms with van der Waals surface area (Å²) in [5.41, 5.74) is 0.471. The zero-order valence-corrected chi connectivity index (χ0v) is 18.1. The number of anilines is 1. The Morgan fingerprint density at radius 1 is 1.13 bits per heavy atom. The van der Waals surface area contributed by atoms with Gasteiger partial charge in [0, 0.05) is 37.1 Å². The maximum atomic E-state index is 11.5. The first-order valence-electron chi connectivity index (χ1n) is 10.5. The van der Waals surface area contributed by atoms with Crippen LogP contribution in [0.4, 0.5) is 5.69 Å². The number of amides is 1. The van der Waals surface area contributed by atoms with Gasteiger partial charge in [0.2, 0.25) is 5.91 Å². The summed E-state index contributed by atoms with van der Waals surface area (Å²) in [5, 5.41) is 24.1. The molecule has 4 rings (SSSR count). The molecule has 3 N–H and O–H groups in total. The number of nitrogens with zero attached hydrogens (tertiary/aromatic N) is 1. The molecule has 1 saturated heterocycles. The SMILES string of the molecule is CC(=O)Nc1ccc(O)cc1O[C@@H]1CC[C@@H](N2CC[C@H](Oc3ccc(Cl)cc3)C2)[C@H]1O. The number of halogens is 1. The normalized spacial score (nSPS) is 26.0. The van der Waals surface area contributed by atoms with Crippen LogP contribution < -0.4 is 14.8 Å². The molecule has 2 aromatic carbocycles. The van der Waals surface area contributed by atoms with Gasteiger partial charge in [-0.1, -0.05) is 11.6 Å². The van der Waals surface area contributed by atoms with Crippen LogP contribution in [0.3, 0.4) is 0 Å². The average Bonchev–Trinajstić information content (AvgIpc) is 3.32. The van der Waals surface area contributed by atoms with Crippen molar-refractivity contribution in [2.75, 3.05) is 18.4 Å². The molecule has 2 aliphatic rings. The summed E-state index contributed by atoms with van der Waals surface area (Å²) < 4.78 is 12.1. The largest absolute Gasteiger partial charge is 0.508 e. The summed E-state index contributed by atoms with van der Waals surface area (Å²) in [5.74, 6) is 0.947. The molecule has 1 saturated carbocycles. The van der Waals surface area contributed by atoms with Crippen LogP contribution in [0.5, 0.6) is 17.2 Å². The summed E-state index contributed by atoms with van der Waals surface area (Å²) >= 11 is 5.93. The molecule has 8 heteroatoms. The topological polar surface area (TPSA) is 91.3 Å². The first-order chi connectivity index (χ1) is 14.9. The van der Waals surface area contributed by atoms with Crippen LogP contribution >= 0.6 is 11.6 Å². The van der Waals surface area contributed by atoms with Gasteiger partial charge in [-0.3, -0.25) is 9.69 Å². The maximum absolute atomic E-state index is 11.5. The van der Waals surface area contributed by atoms with Gasteiger partial charge in [-0.05, 0) is 55.7 Å². The fourth-order valence-corrected chi connectivity index (χ4v) is 4.50. The van der Waals surface area contributed by atoms with E-state index in [1.165, 1.54) is 19.1 Å². The Morgan fingerprint density at radius 2 is 1.90 bits per heavy atom. The molecule has 0 aromatic heterocycles. The zero-order valence-electron chi connectivity index (χ0n) is 17.3. The van der Waals surface area contributed by atoms with E-state index in [1.807, 2.05) is 24.3 Å². The summed E-state index contributed by atoms with van der Waals surface area (Å²) in [6.45, 7) is 2.99. The van der Waals surface area contributed by atoms with Crippen LogP contribution in [0, 0.1) is 0 Å². The molecule has 1 heterocycles. The molecule has 7 nitrogen and oxygen atoms in total. The van der Waals surface area contributed by atoms with Crippen molar-refractivity contribution in [3.05, 3.63) is 47.5 Å². The monoisotopic (exact) mass is 446 g/mol. The minimum atomic E-state index is -0.679. The van der Waals surface area contributed by atoms with Gasteiger partial charge in [-0.15, -0.1) is 0 Å². The fraction of sp³-hybridized carbons (Fsp3) is 0.435. The molecule has 1 aliphatic heterocycles. The van der Waals surface area contributed by atoms with Crippen molar-refractivity contribution in [2.45, 2.75) is 50.5 Å². The number of aliphatic hydroxyl groups is 1. The Morgan fingerprint density at radius 3 is 2.65 bits per heavy atom. The van der Waals surface area contributed by atoms with E-state index in [2.05, 4.69) is 10.2 Å². The zero-order chi connectivity index (χ0) is 22.0. The lowest BCUT2D eigenvalue weighted by atomic mass is 10.1. The van der Waals surface area contributed by atoms with Gasteiger partial charge in [0.05, 0.1) is 5.69 Å². The number of rotatable bonds is 6. The molecule has 0 bridgehead atoms. The highest BCUT2D eigenvalue weighted by molar-refractivity contribution is 6.30. The molecule has 0 radical (unpaired) electrons. The second-order valence-electron chi connectivity index (χ2n) is 8.13. The van der Waals surface area contributed by atoms with E-state index in [-0.39, 0.29) is 23.8 Å². The number of benzene rings is 2. The second-order valence-corrected chi connectivity index (χ2v) is 8.57. The van der Waals surface area contributed by atoms with Crippen molar-refractivity contribution in [3.63, 3.8) is 0 Å². The number of carbonyl (C=O) groups excluding carboxylic acids is 1. The van der Waals surface area contributed by atoms with Crippen molar-refractivity contribution in [1.29, 1.82) is 0 Å². The van der Waals surface area contributed by atoms with Gasteiger partial charge in [-0.2, -0.15) is 0 Å². The van der Waals surface area contributed by atoms with Crippen LogP contribution in [-0.2, 0) is 4.79 Å². The van der Waals surface area contributed by atoms with Gasteiger partial charge < -0.3 is 25.0 Å². The first-order valence-corrected chi connectivity index (χ1v) is 10.9. The van der Waals surface area contributed by atoms with Crippen molar-refractivity contribution in [1.82, 2.24) is 4.90 Å². The quantitative estimate of drug-likeness (QED) is 0.589. The van der Waals surface area contributed by atoms with Crippen LogP contribution in [0.15, 0.2) is 42.5 Å². The summed E-state index contributed by atoms with van der Waals surface area (Å²) in [4.78, 5) is 13.7. The highest BCUT2D eigenvalue weighted by Gasteiger charge is 2.42. The van der Waals surface area contributed by atoms with Gasteiger partial charge in [0.15, 0.2) is 0 Å². The van der Waals surface area contributed by atoms with Crippen molar-refractivity contribution < 1.29 is 24.5 Å². The van der Waals surface area contributed by atoms with Crippen molar-refractivity contribution in [3.8, 4) is 17.2 Å². The molecule has 2 aromatic rings. The number of likely N-dealkylation sites (tertiary alicyclic amines) is 1. The number of phenols is 1. The molecule has 1 aliphatic carbocycles. The van der Waals surface area contributed by atoms with Gasteiger partial charge in [0.25, 0.3) is 0 Å². The number of aromatic hydroxyl groups is 1. The number of nitrogens with one attached hydrogen (secondary N) is 1. The van der Waals surface area contributed by atoms with Crippen LogP contribution in [0.1, 0.15) is 26.2 Å². The predicted molar refractivity (Wildman–Crippen MR) is 118 cm³/mol. The fourth-order valence-electron chi connectivity index (χ4n) is 4.37. The standard InChI is InChI=1S/C23H27ClN2O5/c1-14(27)25-19-7-4-16(28)12-22(19)31-21-9-8-20(23(21)29)26-11-10-18(13-26)30-17-5-2-15(24)3-6-17/h2-7,12,18,20-21,23,28-29H,8-11,13H2,1H3,(H,25,27)/t18-,20+,21+,23+/m0/s1. The Balaban J connectivity index is 1.36. The van der Waals surface area contributed by atoms with E-state index < -0.39 is 12.2 Å². The Kier molecular flexibility index (Phi) is 6.55. The molecular weight excluding hydrogens is 420 g/mol. The minimum Gasteiger partial charge on any atom is -0.508 e. The van der Waals surface area contributed by atoms with Crippen molar-refractivity contribution >= 4 is 23.2 Å². The van der Waals surface area contributed by atoms with E-state index in [0.717, 1.165) is 31.7 Å². The number of aliphatic hydroxyl groups excluding tert-OH is 1. The predicted octanol–water partition coefficient (Wildman–Crippen LogP) is 3.43. The van der Waals surface area contributed by atoms with Gasteiger partial charge in [-0.25, -0.2) is 0 Å². The highest BCUT2D eigenvalue weighted by Crippen LogP contribution is 2.35. The number of phenolic OH excluding ortho intramolecular Hbond substituents is 1. The molecule has 0 spiro atoms. The first kappa shape index (κ1) is 21.7. The van der Waals surface area contributed by atoms with Crippen LogP contribution in [0.2, 0.25) is 5.02 Å². The van der Waals surface area contributed by atoms with E-state index in [0.29, 0.717) is 22.9 Å². The summed E-state index contributed by atoms with van der Waals surface area (Å²) in [6, 6.07) is 11.8. The van der Waals surface area contributed by atoms with Crippen molar-refractivity contribution in [2.24, 2.45) is 0 Å². The molecular formula is C23H27ClN2O5. The van der Waals surface area contributed by atoms with Gasteiger partial charge >= 0.3 is 0 Å². The summed E-state index contributed by atoms with van der Waals surface area (Å²) in [6.07, 6.45) is 1.33. The molecule has 31 heavy (non-hydrogen) atoms. The third kappa shape index (κ3) is 5.23. The lowest BCUT2D eigenvalue weighted by molar-refractivity contribution is -0.114. The minimum absolute atomic E-state index is 0.0228. The molecule has 166 valence electrons. The molecule has 4 atom stereocenters. The Bertz CT molecular complexity index is 923. The second kappa shape index (κ2) is 9.34. The smallest absolute Gasteiger partial charge is 0.221 e. The average molecular weight is 447 g/mol. The van der Waals surface area contributed by atoms with Crippen LogP contribution in [-0.4, -0.2) is 58.5 Å². The van der Waals surface area contributed by atoms with Crippen LogP contribution in [0.25, 0.3) is 0 Å². The third-order valence-corrected chi connectivity index (χ3v) is 6.09. The highest BCUT2D eigenvalue weighted by atomic mass is 35.5. The van der Waals surface area contributed by atoms with Gasteiger partial charge in [0.1, 0.15) is 35.6 Å². The summed E-state index contributed by atoms with van der Waals surface area (Å²) in [7, 11) is 0. The molecule has 2 fully saturated rings. The lowest BCUT2D eigenvalue weighted by Crippen LogP contribution is -2.44. The van der Waals surface area contributed by atoms with E-state index in [1.54, 1.807) is 6.07 Å². The maximum Gasteiger partial charge on any atom is 0.221 e. The molecule has 0 unspecified atom stereocenters. The third-order valence-electron chi connectivity index (χ3n) is 5.84. The van der Waals surface area contributed by atoms with E-state index in [9.17, 15) is 15.0 Å².